The maximum Gasteiger partial charge on any atom is 0.328 e. The first kappa shape index (κ1) is 17.3. The zero-order valence-corrected chi connectivity index (χ0v) is 13.9. The smallest absolute Gasteiger partial charge is 0.328 e. The lowest BCUT2D eigenvalue weighted by Crippen LogP contribution is -2.65. The highest BCUT2D eigenvalue weighted by atomic mass is 16.2. The highest BCUT2D eigenvalue weighted by Gasteiger charge is 2.53. The van der Waals surface area contributed by atoms with Crippen LogP contribution in [-0.4, -0.2) is 28.7 Å². The van der Waals surface area contributed by atoms with Crippen molar-refractivity contribution in [3.8, 4) is 0 Å². The van der Waals surface area contributed by atoms with Crippen molar-refractivity contribution >= 4 is 23.8 Å². The number of rotatable bonds is 4. The fourth-order valence-corrected chi connectivity index (χ4v) is 2.78. The molecule has 1 aromatic carbocycles. The Morgan fingerprint density at radius 2 is 1.58 bits per heavy atom. The summed E-state index contributed by atoms with van der Waals surface area (Å²) in [5.74, 6) is -2.03. The second-order valence-electron chi connectivity index (χ2n) is 5.99. The number of imide groups is 2. The third-order valence-corrected chi connectivity index (χ3v) is 4.33. The number of nitrogens with one attached hydrogen (secondary N) is 3. The number of hydrogen-bond donors (Lipinski definition) is 3. The van der Waals surface area contributed by atoms with Gasteiger partial charge in [0.25, 0.3) is 5.91 Å². The van der Waals surface area contributed by atoms with Crippen LogP contribution in [-0.2, 0) is 9.59 Å². The molecular formula is C18H16N4O4. The molecule has 2 aromatic rings. The molecule has 26 heavy (non-hydrogen) atoms. The normalized spacial score (nSPS) is 17.0. The van der Waals surface area contributed by atoms with Gasteiger partial charge >= 0.3 is 6.03 Å². The van der Waals surface area contributed by atoms with Gasteiger partial charge in [0.1, 0.15) is 5.41 Å². The Bertz CT molecular complexity index is 847. The molecule has 1 fully saturated rings. The Balaban J connectivity index is 2.02. The van der Waals surface area contributed by atoms with Gasteiger partial charge in [-0.2, -0.15) is 0 Å². The first-order chi connectivity index (χ1) is 12.4. The van der Waals surface area contributed by atoms with Gasteiger partial charge in [-0.25, -0.2) is 4.79 Å². The first-order valence-electron chi connectivity index (χ1n) is 7.85. The molecular weight excluding hydrogens is 336 g/mol. The zero-order valence-electron chi connectivity index (χ0n) is 13.9. The molecule has 0 radical (unpaired) electrons. The van der Waals surface area contributed by atoms with Gasteiger partial charge in [0.05, 0.1) is 6.04 Å². The van der Waals surface area contributed by atoms with Crippen molar-refractivity contribution in [2.75, 3.05) is 0 Å². The summed E-state index contributed by atoms with van der Waals surface area (Å²) in [7, 11) is 0. The van der Waals surface area contributed by atoms with Gasteiger partial charge in [-0.05, 0) is 36.8 Å². The predicted octanol–water partition coefficient (Wildman–Crippen LogP) is 0.925. The predicted molar refractivity (Wildman–Crippen MR) is 90.7 cm³/mol. The van der Waals surface area contributed by atoms with Crippen LogP contribution in [0.1, 0.15) is 28.9 Å². The van der Waals surface area contributed by atoms with Gasteiger partial charge < -0.3 is 5.32 Å². The molecule has 0 saturated carbocycles. The van der Waals surface area contributed by atoms with Crippen molar-refractivity contribution in [1.29, 1.82) is 0 Å². The Labute approximate surface area is 149 Å². The Morgan fingerprint density at radius 1 is 1.00 bits per heavy atom. The molecule has 0 spiro atoms. The topological polar surface area (TPSA) is 117 Å². The first-order valence-corrected chi connectivity index (χ1v) is 7.85. The Hall–Kier alpha value is -3.55. The summed E-state index contributed by atoms with van der Waals surface area (Å²) in [6.45, 7) is 1.38. The molecule has 0 aliphatic carbocycles. The number of carbonyl (C=O) groups is 4. The van der Waals surface area contributed by atoms with Gasteiger partial charge in [-0.15, -0.1) is 0 Å². The van der Waals surface area contributed by atoms with Crippen LogP contribution in [0.2, 0.25) is 0 Å². The molecule has 1 aromatic heterocycles. The van der Waals surface area contributed by atoms with E-state index < -0.39 is 35.2 Å². The van der Waals surface area contributed by atoms with E-state index in [4.69, 9.17) is 0 Å². The number of nitrogens with zero attached hydrogens (tertiary/aromatic N) is 1. The third kappa shape index (κ3) is 3.04. The maximum absolute atomic E-state index is 12.6. The summed E-state index contributed by atoms with van der Waals surface area (Å²) < 4.78 is 0. The highest BCUT2D eigenvalue weighted by molar-refractivity contribution is 6.19. The fourth-order valence-electron chi connectivity index (χ4n) is 2.78. The molecule has 1 aliphatic heterocycles. The zero-order chi connectivity index (χ0) is 18.7. The van der Waals surface area contributed by atoms with Gasteiger partial charge in [0.15, 0.2) is 0 Å². The van der Waals surface area contributed by atoms with Crippen LogP contribution in [0.15, 0.2) is 54.9 Å². The largest absolute Gasteiger partial charge is 0.344 e. The molecule has 3 N–H and O–H groups in total. The van der Waals surface area contributed by atoms with E-state index in [-0.39, 0.29) is 0 Å². The number of pyridine rings is 1. The van der Waals surface area contributed by atoms with Crippen LogP contribution < -0.4 is 16.0 Å². The second kappa shape index (κ2) is 6.75. The summed E-state index contributed by atoms with van der Waals surface area (Å²) in [6, 6.07) is 9.71. The van der Waals surface area contributed by atoms with Crippen molar-refractivity contribution in [3.05, 3.63) is 66.0 Å². The van der Waals surface area contributed by atoms with Crippen LogP contribution in [0.5, 0.6) is 0 Å². The Morgan fingerprint density at radius 3 is 2.15 bits per heavy atom. The highest BCUT2D eigenvalue weighted by Crippen LogP contribution is 2.36. The minimum absolute atomic E-state index is 0.378. The molecule has 1 unspecified atom stereocenters. The van der Waals surface area contributed by atoms with E-state index in [2.05, 4.69) is 20.9 Å². The molecule has 0 bridgehead atoms. The number of barbiturate groups is 1. The minimum Gasteiger partial charge on any atom is -0.344 e. The second-order valence-corrected chi connectivity index (χ2v) is 5.99. The van der Waals surface area contributed by atoms with Crippen LogP contribution in [0.4, 0.5) is 4.79 Å². The van der Waals surface area contributed by atoms with Crippen LogP contribution in [0.3, 0.4) is 0 Å². The SMILES string of the molecule is CC1(C(NC(=O)c2ccccc2)c2ccncc2)C(=O)NC(=O)NC1=O. The van der Waals surface area contributed by atoms with E-state index in [1.54, 1.807) is 42.5 Å². The lowest BCUT2D eigenvalue weighted by atomic mass is 9.76. The van der Waals surface area contributed by atoms with Gasteiger partial charge in [0, 0.05) is 18.0 Å². The maximum atomic E-state index is 12.6. The Kier molecular flexibility index (Phi) is 4.49. The van der Waals surface area contributed by atoms with E-state index >= 15 is 0 Å². The number of amides is 5. The van der Waals surface area contributed by atoms with Gasteiger partial charge in [-0.3, -0.25) is 30.0 Å². The molecule has 3 rings (SSSR count). The lowest BCUT2D eigenvalue weighted by molar-refractivity contribution is -0.145. The molecule has 8 nitrogen and oxygen atoms in total. The van der Waals surface area contributed by atoms with Gasteiger partial charge in [0.2, 0.25) is 11.8 Å². The summed E-state index contributed by atoms with van der Waals surface area (Å²) >= 11 is 0. The van der Waals surface area contributed by atoms with Crippen LogP contribution in [0.25, 0.3) is 0 Å². The quantitative estimate of drug-likeness (QED) is 0.708. The summed E-state index contributed by atoms with van der Waals surface area (Å²) in [5.41, 5.74) is -0.839. The molecule has 1 saturated heterocycles. The molecule has 2 heterocycles. The number of urea groups is 1. The van der Waals surface area contributed by atoms with Crippen molar-refractivity contribution in [2.24, 2.45) is 5.41 Å². The average Bonchev–Trinajstić information content (AvgIpc) is 2.65. The van der Waals surface area contributed by atoms with Crippen molar-refractivity contribution < 1.29 is 19.2 Å². The van der Waals surface area contributed by atoms with Crippen LogP contribution >= 0.6 is 0 Å². The molecule has 5 amide bonds. The van der Waals surface area contributed by atoms with E-state index in [9.17, 15) is 19.2 Å². The average molecular weight is 352 g/mol. The number of benzene rings is 1. The number of hydrogen-bond acceptors (Lipinski definition) is 5. The standard InChI is InChI=1S/C18H16N4O4/c1-18(15(24)21-17(26)22-16(18)25)13(11-7-9-19-10-8-11)20-14(23)12-5-3-2-4-6-12/h2-10,13H,1H3,(H,20,23)(H2,21,22,24,25,26). The van der Waals surface area contributed by atoms with E-state index in [0.29, 0.717) is 11.1 Å². The molecule has 1 aliphatic rings. The van der Waals surface area contributed by atoms with Crippen LogP contribution in [0, 0.1) is 5.41 Å². The number of carbonyl (C=O) groups excluding carboxylic acids is 4. The molecule has 132 valence electrons. The third-order valence-electron chi connectivity index (χ3n) is 4.33. The monoisotopic (exact) mass is 352 g/mol. The van der Waals surface area contributed by atoms with Gasteiger partial charge in [-0.1, -0.05) is 18.2 Å². The van der Waals surface area contributed by atoms with E-state index in [0.717, 1.165) is 0 Å². The molecule has 8 heteroatoms. The summed E-state index contributed by atoms with van der Waals surface area (Å²) in [6.07, 6.45) is 2.98. The van der Waals surface area contributed by atoms with Crippen molar-refractivity contribution in [1.82, 2.24) is 20.9 Å². The number of aromatic nitrogens is 1. The fraction of sp³-hybridized carbons (Fsp3) is 0.167. The summed E-state index contributed by atoms with van der Waals surface area (Å²) in [5, 5.41) is 6.91. The van der Waals surface area contributed by atoms with E-state index in [1.165, 1.54) is 19.3 Å². The van der Waals surface area contributed by atoms with Crippen molar-refractivity contribution in [2.45, 2.75) is 13.0 Å². The summed E-state index contributed by atoms with van der Waals surface area (Å²) in [4.78, 5) is 53.0. The lowest BCUT2D eigenvalue weighted by Gasteiger charge is -2.37. The van der Waals surface area contributed by atoms with E-state index in [1.807, 2.05) is 0 Å². The van der Waals surface area contributed by atoms with Crippen molar-refractivity contribution in [3.63, 3.8) is 0 Å². The molecule has 1 atom stereocenters. The minimum atomic E-state index is -1.72.